The first kappa shape index (κ1) is 12.9. The van der Waals surface area contributed by atoms with Crippen LogP contribution in [0.4, 0.5) is 0 Å². The van der Waals surface area contributed by atoms with Gasteiger partial charge >= 0.3 is 5.97 Å². The third-order valence-electron chi connectivity index (χ3n) is 2.05. The van der Waals surface area contributed by atoms with Crippen LogP contribution in [0, 0.1) is 0 Å². The second kappa shape index (κ2) is 5.79. The Morgan fingerprint density at radius 3 is 2.24 bits per heavy atom. The van der Waals surface area contributed by atoms with Crippen molar-refractivity contribution in [3.05, 3.63) is 30.4 Å². The predicted octanol–water partition coefficient (Wildman–Crippen LogP) is 1.97. The van der Waals surface area contributed by atoms with E-state index in [1.54, 1.807) is 6.08 Å². The van der Waals surface area contributed by atoms with Crippen LogP contribution >= 0.6 is 0 Å². The van der Waals surface area contributed by atoms with Crippen LogP contribution < -0.4 is 14.2 Å². The summed E-state index contributed by atoms with van der Waals surface area (Å²) in [7, 11) is 2.86. The Balaban J connectivity index is 3.25. The number of aromatic carboxylic acids is 1. The second-order valence-corrected chi connectivity index (χ2v) is 3.11. The molecule has 1 rings (SSSR count). The summed E-state index contributed by atoms with van der Waals surface area (Å²) in [6.45, 7) is 3.81. The molecule has 5 nitrogen and oxygen atoms in total. The number of carboxylic acid groups (broad SMARTS) is 1. The maximum atomic E-state index is 10.9. The quantitative estimate of drug-likeness (QED) is 0.767. The Morgan fingerprint density at radius 2 is 1.88 bits per heavy atom. The highest BCUT2D eigenvalue weighted by atomic mass is 16.5. The summed E-state index contributed by atoms with van der Waals surface area (Å²) in [4.78, 5) is 10.9. The average molecular weight is 238 g/mol. The van der Waals surface area contributed by atoms with E-state index in [0.29, 0.717) is 17.2 Å². The summed E-state index contributed by atoms with van der Waals surface area (Å²) >= 11 is 0. The third kappa shape index (κ3) is 2.90. The van der Waals surface area contributed by atoms with Crippen LogP contribution in [-0.4, -0.2) is 31.9 Å². The normalized spacial score (nSPS) is 9.53. The zero-order valence-corrected chi connectivity index (χ0v) is 9.73. The lowest BCUT2D eigenvalue weighted by atomic mass is 10.2. The van der Waals surface area contributed by atoms with Crippen molar-refractivity contribution in [3.63, 3.8) is 0 Å². The average Bonchev–Trinajstić information content (AvgIpc) is 2.34. The molecule has 0 bridgehead atoms. The molecule has 0 heterocycles. The van der Waals surface area contributed by atoms with E-state index in [0.717, 1.165) is 0 Å². The van der Waals surface area contributed by atoms with Crippen molar-refractivity contribution >= 4 is 5.97 Å². The molecule has 0 amide bonds. The molecule has 17 heavy (non-hydrogen) atoms. The topological polar surface area (TPSA) is 65.0 Å². The second-order valence-electron chi connectivity index (χ2n) is 3.11. The summed E-state index contributed by atoms with van der Waals surface area (Å²) < 4.78 is 15.5. The molecule has 92 valence electrons. The van der Waals surface area contributed by atoms with Crippen molar-refractivity contribution < 1.29 is 24.1 Å². The molecule has 0 saturated carbocycles. The highest BCUT2D eigenvalue weighted by Crippen LogP contribution is 2.38. The Morgan fingerprint density at radius 1 is 1.35 bits per heavy atom. The van der Waals surface area contributed by atoms with Crippen LogP contribution in [-0.2, 0) is 0 Å². The smallest absolute Gasteiger partial charge is 0.335 e. The van der Waals surface area contributed by atoms with Crippen LogP contribution in [0.15, 0.2) is 24.8 Å². The molecule has 0 spiro atoms. The van der Waals surface area contributed by atoms with E-state index in [2.05, 4.69) is 6.58 Å². The van der Waals surface area contributed by atoms with Gasteiger partial charge in [0.25, 0.3) is 0 Å². The lowest BCUT2D eigenvalue weighted by Crippen LogP contribution is -2.03. The van der Waals surface area contributed by atoms with Crippen LogP contribution in [0.3, 0.4) is 0 Å². The molecular formula is C12H14O5. The highest BCUT2D eigenvalue weighted by molar-refractivity contribution is 5.89. The molecule has 1 N–H and O–H groups in total. The highest BCUT2D eigenvalue weighted by Gasteiger charge is 2.16. The molecule has 0 aromatic heterocycles. The van der Waals surface area contributed by atoms with Gasteiger partial charge in [-0.1, -0.05) is 12.7 Å². The minimum absolute atomic E-state index is 0.0738. The van der Waals surface area contributed by atoms with E-state index in [4.69, 9.17) is 19.3 Å². The van der Waals surface area contributed by atoms with Gasteiger partial charge in [0.1, 0.15) is 6.61 Å². The number of hydrogen-bond acceptors (Lipinski definition) is 4. The van der Waals surface area contributed by atoms with E-state index in [9.17, 15) is 4.79 Å². The molecule has 0 fully saturated rings. The summed E-state index contributed by atoms with van der Waals surface area (Å²) in [6, 6.07) is 2.76. The zero-order valence-electron chi connectivity index (χ0n) is 9.73. The maximum Gasteiger partial charge on any atom is 0.335 e. The fraction of sp³-hybridized carbons (Fsp3) is 0.250. The van der Waals surface area contributed by atoms with Crippen molar-refractivity contribution in [3.8, 4) is 17.2 Å². The maximum absolute atomic E-state index is 10.9. The van der Waals surface area contributed by atoms with Crippen LogP contribution in [0.1, 0.15) is 10.4 Å². The van der Waals surface area contributed by atoms with Crippen LogP contribution in [0.25, 0.3) is 0 Å². The van der Waals surface area contributed by atoms with Crippen LogP contribution in [0.5, 0.6) is 17.2 Å². The third-order valence-corrected chi connectivity index (χ3v) is 2.05. The molecule has 0 atom stereocenters. The number of ether oxygens (including phenoxy) is 3. The SMILES string of the molecule is C=CCOc1c(OC)cc(C(=O)O)cc1OC. The molecule has 5 heteroatoms. The molecule has 0 radical (unpaired) electrons. The molecule has 0 aliphatic carbocycles. The lowest BCUT2D eigenvalue weighted by Gasteiger charge is -2.14. The molecule has 0 aliphatic rings. The number of carboxylic acids is 1. The summed E-state index contributed by atoms with van der Waals surface area (Å²) in [5.41, 5.74) is 0.0738. The lowest BCUT2D eigenvalue weighted by molar-refractivity contribution is 0.0696. The largest absolute Gasteiger partial charge is 0.493 e. The van der Waals surface area contributed by atoms with E-state index in [-0.39, 0.29) is 12.2 Å². The van der Waals surface area contributed by atoms with Gasteiger partial charge in [0.15, 0.2) is 11.5 Å². The number of benzene rings is 1. The molecular weight excluding hydrogens is 224 g/mol. The van der Waals surface area contributed by atoms with Gasteiger partial charge in [-0.25, -0.2) is 4.79 Å². The van der Waals surface area contributed by atoms with Gasteiger partial charge in [-0.2, -0.15) is 0 Å². The predicted molar refractivity (Wildman–Crippen MR) is 62.2 cm³/mol. The number of rotatable bonds is 6. The number of hydrogen-bond donors (Lipinski definition) is 1. The molecule has 1 aromatic rings. The van der Waals surface area contributed by atoms with Gasteiger partial charge in [0.2, 0.25) is 5.75 Å². The minimum atomic E-state index is -1.06. The fourth-order valence-electron chi connectivity index (χ4n) is 1.29. The fourth-order valence-corrected chi connectivity index (χ4v) is 1.29. The first-order chi connectivity index (χ1) is 8.13. The Kier molecular flexibility index (Phi) is 4.39. The minimum Gasteiger partial charge on any atom is -0.493 e. The first-order valence-electron chi connectivity index (χ1n) is 4.87. The Bertz CT molecular complexity index is 400. The summed E-state index contributed by atoms with van der Waals surface area (Å²) in [5.74, 6) is -0.0797. The van der Waals surface area contributed by atoms with E-state index in [1.165, 1.54) is 26.4 Å². The van der Waals surface area contributed by atoms with Crippen molar-refractivity contribution in [1.82, 2.24) is 0 Å². The molecule has 0 unspecified atom stereocenters. The van der Waals surface area contributed by atoms with Crippen molar-refractivity contribution in [2.75, 3.05) is 20.8 Å². The van der Waals surface area contributed by atoms with Crippen molar-refractivity contribution in [1.29, 1.82) is 0 Å². The Hall–Kier alpha value is -2.17. The van der Waals surface area contributed by atoms with E-state index >= 15 is 0 Å². The van der Waals surface area contributed by atoms with Gasteiger partial charge in [-0.15, -0.1) is 0 Å². The molecule has 1 aromatic carbocycles. The molecule has 0 aliphatic heterocycles. The van der Waals surface area contributed by atoms with Crippen molar-refractivity contribution in [2.45, 2.75) is 0 Å². The monoisotopic (exact) mass is 238 g/mol. The molecule has 0 saturated heterocycles. The van der Waals surface area contributed by atoms with E-state index < -0.39 is 5.97 Å². The van der Waals surface area contributed by atoms with E-state index in [1.807, 2.05) is 0 Å². The zero-order chi connectivity index (χ0) is 12.8. The summed E-state index contributed by atoms with van der Waals surface area (Å²) in [5, 5.41) is 8.92. The van der Waals surface area contributed by atoms with Gasteiger partial charge in [-0.05, 0) is 12.1 Å². The van der Waals surface area contributed by atoms with Gasteiger partial charge in [0, 0.05) is 0 Å². The standard InChI is InChI=1S/C12H14O5/c1-4-5-17-11-9(15-2)6-8(12(13)14)7-10(11)16-3/h4,6-7H,1,5H2,2-3H3,(H,13,14). The van der Waals surface area contributed by atoms with Crippen molar-refractivity contribution in [2.24, 2.45) is 0 Å². The number of methoxy groups -OCH3 is 2. The van der Waals surface area contributed by atoms with Gasteiger partial charge in [0.05, 0.1) is 19.8 Å². The first-order valence-corrected chi connectivity index (χ1v) is 4.87. The summed E-state index contributed by atoms with van der Waals surface area (Å²) in [6.07, 6.45) is 1.57. The van der Waals surface area contributed by atoms with Gasteiger partial charge < -0.3 is 19.3 Å². The van der Waals surface area contributed by atoms with Crippen LogP contribution in [0.2, 0.25) is 0 Å². The number of carbonyl (C=O) groups is 1. The Labute approximate surface area is 99.2 Å². The van der Waals surface area contributed by atoms with Gasteiger partial charge in [-0.3, -0.25) is 0 Å².